The van der Waals surface area contributed by atoms with Crippen LogP contribution in [0, 0.1) is 6.92 Å². The van der Waals surface area contributed by atoms with Crippen LogP contribution in [0.3, 0.4) is 0 Å². The Morgan fingerprint density at radius 1 is 1.15 bits per heavy atom. The van der Waals surface area contributed by atoms with Crippen LogP contribution in [0.1, 0.15) is 50.7 Å². The third-order valence-corrected chi connectivity index (χ3v) is 4.34. The van der Waals surface area contributed by atoms with E-state index in [0.717, 1.165) is 50.4 Å². The molecule has 0 atom stereocenters. The molecule has 0 saturated heterocycles. The number of aliphatic imine (C=N–C) groups is 1. The molecule has 26 heavy (non-hydrogen) atoms. The fourth-order valence-corrected chi connectivity index (χ4v) is 2.96. The first-order chi connectivity index (χ1) is 12.3. The molecule has 0 aliphatic heterocycles. The highest BCUT2D eigenvalue weighted by Crippen LogP contribution is 2.11. The SMILES string of the molecule is CN=C(NCCCCc1nc(C)cs1)NCCCNC(=O)OC(C)(C)C. The quantitative estimate of drug-likeness (QED) is 0.347. The summed E-state index contributed by atoms with van der Waals surface area (Å²) in [6, 6.07) is 0. The Kier molecular flexibility index (Phi) is 10.0. The largest absolute Gasteiger partial charge is 0.444 e. The number of carbonyl (C=O) groups excluding carboxylic acids is 1. The van der Waals surface area contributed by atoms with E-state index in [2.05, 4.69) is 31.3 Å². The number of rotatable bonds is 9. The highest BCUT2D eigenvalue weighted by molar-refractivity contribution is 7.09. The van der Waals surface area contributed by atoms with Gasteiger partial charge in [0, 0.05) is 37.8 Å². The summed E-state index contributed by atoms with van der Waals surface area (Å²) in [5.41, 5.74) is 0.640. The second-order valence-corrected chi connectivity index (χ2v) is 7.99. The zero-order chi connectivity index (χ0) is 19.4. The topological polar surface area (TPSA) is 87.6 Å². The Balaban J connectivity index is 2.03. The van der Waals surface area contributed by atoms with Gasteiger partial charge in [-0.15, -0.1) is 11.3 Å². The number of carbonyl (C=O) groups is 1. The summed E-state index contributed by atoms with van der Waals surface area (Å²) >= 11 is 1.73. The Bertz CT molecular complexity index is 566. The van der Waals surface area contributed by atoms with Crippen molar-refractivity contribution in [3.05, 3.63) is 16.1 Å². The van der Waals surface area contributed by atoms with Gasteiger partial charge in [-0.05, 0) is 53.4 Å². The standard InChI is InChI=1S/C18H33N5O2S/c1-14-13-26-15(23-14)9-6-7-10-20-16(19-5)21-11-8-12-22-17(24)25-18(2,3)4/h13H,6-12H2,1-5H3,(H,22,24)(H2,19,20,21). The van der Waals surface area contributed by atoms with Crippen LogP contribution in [0.15, 0.2) is 10.4 Å². The van der Waals surface area contributed by atoms with Gasteiger partial charge in [-0.3, -0.25) is 4.99 Å². The lowest BCUT2D eigenvalue weighted by Crippen LogP contribution is -2.39. The first kappa shape index (κ1) is 22.2. The Hall–Kier alpha value is -1.83. The maximum atomic E-state index is 11.5. The van der Waals surface area contributed by atoms with Crippen molar-refractivity contribution in [3.8, 4) is 0 Å². The first-order valence-corrected chi connectivity index (χ1v) is 10.0. The summed E-state index contributed by atoms with van der Waals surface area (Å²) in [6.45, 7) is 9.74. The number of nitrogens with one attached hydrogen (secondary N) is 3. The Labute approximate surface area is 161 Å². The van der Waals surface area contributed by atoms with Gasteiger partial charge in [0.2, 0.25) is 0 Å². The van der Waals surface area contributed by atoms with Gasteiger partial charge in [0.15, 0.2) is 5.96 Å². The normalized spacial score (nSPS) is 12.0. The van der Waals surface area contributed by atoms with E-state index in [1.54, 1.807) is 18.4 Å². The molecule has 0 fully saturated rings. The molecule has 1 aromatic heterocycles. The van der Waals surface area contributed by atoms with Crippen LogP contribution in [0.4, 0.5) is 4.79 Å². The molecule has 1 amide bonds. The fourth-order valence-electron chi connectivity index (χ4n) is 2.15. The van der Waals surface area contributed by atoms with Crippen LogP contribution < -0.4 is 16.0 Å². The van der Waals surface area contributed by atoms with Crippen molar-refractivity contribution in [2.75, 3.05) is 26.7 Å². The number of ether oxygens (including phenoxy) is 1. The van der Waals surface area contributed by atoms with E-state index in [1.807, 2.05) is 27.7 Å². The van der Waals surface area contributed by atoms with Gasteiger partial charge in [-0.2, -0.15) is 0 Å². The maximum Gasteiger partial charge on any atom is 0.407 e. The van der Waals surface area contributed by atoms with Gasteiger partial charge in [-0.25, -0.2) is 9.78 Å². The second kappa shape index (κ2) is 11.7. The predicted molar refractivity (Wildman–Crippen MR) is 108 cm³/mol. The number of guanidine groups is 1. The number of aromatic nitrogens is 1. The van der Waals surface area contributed by atoms with Gasteiger partial charge in [0.25, 0.3) is 0 Å². The van der Waals surface area contributed by atoms with Crippen LogP contribution in [-0.4, -0.2) is 49.3 Å². The molecule has 0 radical (unpaired) electrons. The van der Waals surface area contributed by atoms with Gasteiger partial charge in [0.1, 0.15) is 5.60 Å². The van der Waals surface area contributed by atoms with Crippen molar-refractivity contribution in [3.63, 3.8) is 0 Å². The molecule has 3 N–H and O–H groups in total. The number of thiazole rings is 1. The third-order valence-electron chi connectivity index (χ3n) is 3.31. The van der Waals surface area contributed by atoms with E-state index >= 15 is 0 Å². The number of amides is 1. The summed E-state index contributed by atoms with van der Waals surface area (Å²) in [5.74, 6) is 0.785. The average Bonchev–Trinajstić information content (AvgIpc) is 2.96. The van der Waals surface area contributed by atoms with E-state index < -0.39 is 5.60 Å². The lowest BCUT2D eigenvalue weighted by molar-refractivity contribution is 0.0527. The van der Waals surface area contributed by atoms with E-state index in [1.165, 1.54) is 5.01 Å². The molecular weight excluding hydrogens is 350 g/mol. The van der Waals surface area contributed by atoms with Crippen LogP contribution in [0.2, 0.25) is 0 Å². The molecule has 0 spiro atoms. The number of unbranched alkanes of at least 4 members (excludes halogenated alkanes) is 1. The monoisotopic (exact) mass is 383 g/mol. The molecule has 8 heteroatoms. The number of aryl methyl sites for hydroxylation is 2. The molecule has 1 rings (SSSR count). The van der Waals surface area contributed by atoms with Gasteiger partial charge in [0.05, 0.1) is 5.01 Å². The summed E-state index contributed by atoms with van der Waals surface area (Å²) < 4.78 is 5.19. The molecule has 0 aromatic carbocycles. The molecular formula is C18H33N5O2S. The van der Waals surface area contributed by atoms with E-state index in [-0.39, 0.29) is 6.09 Å². The lowest BCUT2D eigenvalue weighted by Gasteiger charge is -2.19. The van der Waals surface area contributed by atoms with Crippen molar-refractivity contribution in [2.24, 2.45) is 4.99 Å². The summed E-state index contributed by atoms with van der Waals surface area (Å²) in [6.07, 6.45) is 3.62. The third kappa shape index (κ3) is 10.9. The average molecular weight is 384 g/mol. The number of hydrogen-bond donors (Lipinski definition) is 3. The maximum absolute atomic E-state index is 11.5. The molecule has 0 unspecified atom stereocenters. The minimum Gasteiger partial charge on any atom is -0.444 e. The molecule has 0 aliphatic carbocycles. The smallest absolute Gasteiger partial charge is 0.407 e. The van der Waals surface area contributed by atoms with Crippen LogP contribution in [0.25, 0.3) is 0 Å². The molecule has 1 aromatic rings. The van der Waals surface area contributed by atoms with Crippen molar-refractivity contribution < 1.29 is 9.53 Å². The lowest BCUT2D eigenvalue weighted by atomic mass is 10.2. The second-order valence-electron chi connectivity index (χ2n) is 7.05. The minimum atomic E-state index is -0.466. The zero-order valence-corrected chi connectivity index (χ0v) is 17.5. The van der Waals surface area contributed by atoms with E-state index in [9.17, 15) is 4.79 Å². The highest BCUT2D eigenvalue weighted by atomic mass is 32.1. The molecule has 148 valence electrons. The minimum absolute atomic E-state index is 0.379. The van der Waals surface area contributed by atoms with Gasteiger partial charge < -0.3 is 20.7 Å². The fraction of sp³-hybridized carbons (Fsp3) is 0.722. The molecule has 1 heterocycles. The summed E-state index contributed by atoms with van der Waals surface area (Å²) in [7, 11) is 1.76. The summed E-state index contributed by atoms with van der Waals surface area (Å²) in [5, 5.41) is 12.6. The molecule has 0 aliphatic rings. The summed E-state index contributed by atoms with van der Waals surface area (Å²) in [4.78, 5) is 20.2. The number of hydrogen-bond acceptors (Lipinski definition) is 5. The van der Waals surface area contributed by atoms with E-state index in [4.69, 9.17) is 4.74 Å². The zero-order valence-electron chi connectivity index (χ0n) is 16.6. The van der Waals surface area contributed by atoms with Crippen molar-refractivity contribution in [1.29, 1.82) is 0 Å². The van der Waals surface area contributed by atoms with Gasteiger partial charge >= 0.3 is 6.09 Å². The van der Waals surface area contributed by atoms with Crippen molar-refractivity contribution >= 4 is 23.4 Å². The van der Waals surface area contributed by atoms with Crippen LogP contribution >= 0.6 is 11.3 Å². The van der Waals surface area contributed by atoms with Crippen LogP contribution in [-0.2, 0) is 11.2 Å². The van der Waals surface area contributed by atoms with Crippen LogP contribution in [0.5, 0.6) is 0 Å². The first-order valence-electron chi connectivity index (χ1n) is 9.12. The van der Waals surface area contributed by atoms with Crippen molar-refractivity contribution in [2.45, 2.75) is 59.0 Å². The Morgan fingerprint density at radius 3 is 2.38 bits per heavy atom. The van der Waals surface area contributed by atoms with Gasteiger partial charge in [-0.1, -0.05) is 0 Å². The molecule has 0 bridgehead atoms. The number of alkyl carbamates (subject to hydrolysis) is 1. The van der Waals surface area contributed by atoms with Crippen molar-refractivity contribution in [1.82, 2.24) is 20.9 Å². The molecule has 0 saturated carbocycles. The predicted octanol–water partition coefficient (Wildman–Crippen LogP) is 2.85. The molecule has 7 nitrogen and oxygen atoms in total. The number of nitrogens with zero attached hydrogens (tertiary/aromatic N) is 2. The van der Waals surface area contributed by atoms with E-state index in [0.29, 0.717) is 6.54 Å². The highest BCUT2D eigenvalue weighted by Gasteiger charge is 2.15. The Morgan fingerprint density at radius 2 is 1.81 bits per heavy atom.